The average Bonchev–Trinajstić information content (AvgIpc) is 3.08. The first-order chi connectivity index (χ1) is 9.71. The molecule has 0 unspecified atom stereocenters. The second kappa shape index (κ2) is 3.89. The van der Waals surface area contributed by atoms with Crippen LogP contribution in [0.3, 0.4) is 0 Å². The van der Waals surface area contributed by atoms with Gasteiger partial charge in [0, 0.05) is 24.8 Å². The highest BCUT2D eigenvalue weighted by molar-refractivity contribution is 5.86. The lowest BCUT2D eigenvalue weighted by molar-refractivity contribution is -0.256. The second-order valence-corrected chi connectivity index (χ2v) is 4.36. The molecule has 0 fully saturated rings. The summed E-state index contributed by atoms with van der Waals surface area (Å²) in [6.07, 6.45) is 5.30. The first-order valence-electron chi connectivity index (χ1n) is 5.56. The number of rotatable bonds is 2. The van der Waals surface area contributed by atoms with E-state index in [4.69, 9.17) is 0 Å². The van der Waals surface area contributed by atoms with Crippen LogP contribution >= 0.6 is 0 Å². The monoisotopic (exact) mass is 308 g/mol. The van der Waals surface area contributed by atoms with Crippen LogP contribution < -0.4 is 0 Å². The fourth-order valence-electron chi connectivity index (χ4n) is 2.14. The molecule has 0 saturated carbocycles. The van der Waals surface area contributed by atoms with E-state index in [9.17, 15) is 26.3 Å². The quantitative estimate of drug-likeness (QED) is 0.800. The Morgan fingerprint density at radius 3 is 1.38 bits per heavy atom. The van der Waals surface area contributed by atoms with E-state index in [0.717, 1.165) is 37.4 Å². The van der Waals surface area contributed by atoms with Gasteiger partial charge in [-0.1, -0.05) is 0 Å². The topological polar surface area (TPSA) is 35.6 Å². The summed E-state index contributed by atoms with van der Waals surface area (Å²) in [7, 11) is 0. The SMILES string of the molecule is FC1(F)C(n2ccnc2)=C(n2ccnc2)C(F)(F)C1(F)F. The zero-order valence-corrected chi connectivity index (χ0v) is 10.0. The molecule has 0 radical (unpaired) electrons. The molecular weight excluding hydrogens is 302 g/mol. The summed E-state index contributed by atoms with van der Waals surface area (Å²) < 4.78 is 83.7. The fraction of sp³-hybridized carbons (Fsp3) is 0.273. The number of allylic oxidation sites excluding steroid dienone is 2. The molecule has 2 aromatic rings. The molecule has 4 nitrogen and oxygen atoms in total. The first-order valence-corrected chi connectivity index (χ1v) is 5.56. The highest BCUT2D eigenvalue weighted by Gasteiger charge is 2.81. The van der Waals surface area contributed by atoms with Gasteiger partial charge in [0.1, 0.15) is 11.4 Å². The van der Waals surface area contributed by atoms with Crippen molar-refractivity contribution in [2.75, 3.05) is 0 Å². The van der Waals surface area contributed by atoms with Crippen LogP contribution in [0.1, 0.15) is 0 Å². The number of aromatic nitrogens is 4. The molecule has 1 aliphatic carbocycles. The molecular formula is C11H6F6N4. The Balaban J connectivity index is 2.38. The van der Waals surface area contributed by atoms with E-state index in [1.807, 2.05) is 0 Å². The first kappa shape index (κ1) is 13.7. The molecule has 112 valence electrons. The van der Waals surface area contributed by atoms with Gasteiger partial charge in [-0.05, 0) is 0 Å². The normalized spacial score (nSPS) is 22.8. The minimum atomic E-state index is -5.57. The van der Waals surface area contributed by atoms with Gasteiger partial charge in [0.15, 0.2) is 0 Å². The van der Waals surface area contributed by atoms with E-state index in [1.54, 1.807) is 0 Å². The number of hydrogen-bond acceptors (Lipinski definition) is 2. The third kappa shape index (κ3) is 1.52. The lowest BCUT2D eigenvalue weighted by Gasteiger charge is -2.25. The summed E-state index contributed by atoms with van der Waals surface area (Å²) >= 11 is 0. The van der Waals surface area contributed by atoms with Gasteiger partial charge in [-0.3, -0.25) is 0 Å². The summed E-state index contributed by atoms with van der Waals surface area (Å²) in [5.74, 6) is -15.7. The van der Waals surface area contributed by atoms with Crippen LogP contribution in [0.15, 0.2) is 37.4 Å². The van der Waals surface area contributed by atoms with Crippen molar-refractivity contribution < 1.29 is 26.3 Å². The third-order valence-corrected chi connectivity index (χ3v) is 3.13. The Labute approximate surface area is 113 Å². The van der Waals surface area contributed by atoms with Crippen molar-refractivity contribution in [2.24, 2.45) is 0 Å². The summed E-state index contributed by atoms with van der Waals surface area (Å²) in [5, 5.41) is 0. The Morgan fingerprint density at radius 2 is 1.10 bits per heavy atom. The summed E-state index contributed by atoms with van der Waals surface area (Å²) in [6.45, 7) is 0. The molecule has 0 atom stereocenters. The lowest BCUT2D eigenvalue weighted by Crippen LogP contribution is -2.49. The van der Waals surface area contributed by atoms with Gasteiger partial charge in [-0.2, -0.15) is 26.3 Å². The van der Waals surface area contributed by atoms with Crippen molar-refractivity contribution >= 4 is 11.4 Å². The van der Waals surface area contributed by atoms with Gasteiger partial charge in [0.2, 0.25) is 0 Å². The zero-order valence-electron chi connectivity index (χ0n) is 10.0. The summed E-state index contributed by atoms with van der Waals surface area (Å²) in [5.41, 5.74) is -3.07. The van der Waals surface area contributed by atoms with Gasteiger partial charge >= 0.3 is 17.8 Å². The number of alkyl halides is 6. The van der Waals surface area contributed by atoms with Crippen LogP contribution in [0, 0.1) is 0 Å². The van der Waals surface area contributed by atoms with E-state index in [-0.39, 0.29) is 0 Å². The van der Waals surface area contributed by atoms with E-state index in [2.05, 4.69) is 9.97 Å². The molecule has 0 aromatic carbocycles. The van der Waals surface area contributed by atoms with Crippen molar-refractivity contribution in [3.8, 4) is 0 Å². The maximum atomic E-state index is 13.9. The molecule has 10 heteroatoms. The molecule has 2 heterocycles. The number of hydrogen-bond donors (Lipinski definition) is 0. The van der Waals surface area contributed by atoms with Crippen molar-refractivity contribution in [2.45, 2.75) is 17.8 Å². The summed E-state index contributed by atoms with van der Waals surface area (Å²) in [4.78, 5) is 6.85. The van der Waals surface area contributed by atoms with Gasteiger partial charge in [-0.15, -0.1) is 0 Å². The molecule has 0 N–H and O–H groups in total. The minimum Gasteiger partial charge on any atom is -0.302 e. The number of halogens is 6. The molecule has 21 heavy (non-hydrogen) atoms. The van der Waals surface area contributed by atoms with Gasteiger partial charge in [0.05, 0.1) is 12.7 Å². The van der Waals surface area contributed by atoms with Gasteiger partial charge < -0.3 is 9.13 Å². The van der Waals surface area contributed by atoms with Crippen molar-refractivity contribution in [1.82, 2.24) is 19.1 Å². The van der Waals surface area contributed by atoms with Crippen LogP contribution in [-0.4, -0.2) is 36.9 Å². The largest absolute Gasteiger partial charge is 0.383 e. The molecule has 0 amide bonds. The third-order valence-electron chi connectivity index (χ3n) is 3.13. The van der Waals surface area contributed by atoms with Gasteiger partial charge in [0.25, 0.3) is 0 Å². The average molecular weight is 308 g/mol. The molecule has 3 rings (SSSR count). The molecule has 0 aliphatic heterocycles. The second-order valence-electron chi connectivity index (χ2n) is 4.36. The van der Waals surface area contributed by atoms with Crippen LogP contribution in [0.25, 0.3) is 11.4 Å². The maximum absolute atomic E-state index is 13.9. The van der Waals surface area contributed by atoms with Crippen molar-refractivity contribution in [3.05, 3.63) is 37.4 Å². The Morgan fingerprint density at radius 1 is 0.714 bits per heavy atom. The molecule has 1 aliphatic rings. The van der Waals surface area contributed by atoms with E-state index < -0.39 is 29.2 Å². The summed E-state index contributed by atoms with van der Waals surface area (Å²) in [6, 6.07) is 0. The fourth-order valence-corrected chi connectivity index (χ4v) is 2.14. The predicted molar refractivity (Wildman–Crippen MR) is 58.7 cm³/mol. The minimum absolute atomic E-state index is 0.449. The van der Waals surface area contributed by atoms with Gasteiger partial charge in [-0.25, -0.2) is 9.97 Å². The maximum Gasteiger partial charge on any atom is 0.383 e. The Kier molecular flexibility index (Phi) is 2.54. The smallest absolute Gasteiger partial charge is 0.302 e. The van der Waals surface area contributed by atoms with E-state index in [1.165, 1.54) is 0 Å². The van der Waals surface area contributed by atoms with E-state index >= 15 is 0 Å². The molecule has 0 saturated heterocycles. The zero-order chi connectivity index (χ0) is 15.5. The Hall–Kier alpha value is -2.26. The Bertz CT molecular complexity index is 628. The van der Waals surface area contributed by atoms with Crippen molar-refractivity contribution in [3.63, 3.8) is 0 Å². The highest BCUT2D eigenvalue weighted by Crippen LogP contribution is 2.61. The van der Waals surface area contributed by atoms with Crippen LogP contribution in [0.5, 0.6) is 0 Å². The van der Waals surface area contributed by atoms with Crippen LogP contribution in [0.4, 0.5) is 26.3 Å². The number of imidazole rings is 2. The molecule has 0 spiro atoms. The van der Waals surface area contributed by atoms with E-state index in [0.29, 0.717) is 9.13 Å². The highest BCUT2D eigenvalue weighted by atomic mass is 19.3. The van der Waals surface area contributed by atoms with Crippen LogP contribution in [-0.2, 0) is 0 Å². The molecule has 0 bridgehead atoms. The van der Waals surface area contributed by atoms with Crippen LogP contribution in [0.2, 0.25) is 0 Å². The number of nitrogens with zero attached hydrogens (tertiary/aromatic N) is 4. The predicted octanol–water partition coefficient (Wildman–Crippen LogP) is 2.82. The van der Waals surface area contributed by atoms with Crippen molar-refractivity contribution in [1.29, 1.82) is 0 Å². The standard InChI is InChI=1S/C11H6F6N4/c12-9(13)7(20-3-1-18-5-20)8(21-4-2-19-6-21)10(14,15)11(9,16)17/h1-6H. The lowest BCUT2D eigenvalue weighted by atomic mass is 10.1. The molecule has 2 aromatic heterocycles.